The minimum Gasteiger partial charge on any atom is -0.399 e. The van der Waals surface area contributed by atoms with Gasteiger partial charge in [0.05, 0.1) is 6.26 Å². The average Bonchev–Trinajstić information content (AvgIpc) is 2.93. The van der Waals surface area contributed by atoms with Crippen molar-refractivity contribution in [3.05, 3.63) is 47.5 Å². The van der Waals surface area contributed by atoms with Gasteiger partial charge in [-0.3, -0.25) is 0 Å². The van der Waals surface area contributed by atoms with Crippen LogP contribution < -0.4 is 26.0 Å². The lowest BCUT2D eigenvalue weighted by atomic mass is 10.1. The Morgan fingerprint density at radius 3 is 1.65 bits per heavy atom. The molecule has 0 aliphatic heterocycles. The maximum atomic E-state index is 12.4. The minimum absolute atomic E-state index is 0.0159. The van der Waals surface area contributed by atoms with Crippen molar-refractivity contribution in [2.24, 2.45) is 0 Å². The van der Waals surface area contributed by atoms with Gasteiger partial charge in [-0.25, -0.2) is 25.7 Å². The number of nitrogen functional groups attached to an aromatic ring is 2. The first-order valence-corrected chi connectivity index (χ1v) is 18.7. The predicted molar refractivity (Wildman–Crippen MR) is 171 cm³/mol. The third-order valence-corrected chi connectivity index (χ3v) is 9.76. The molecule has 0 spiro atoms. The Morgan fingerprint density at radius 1 is 0.744 bits per heavy atom. The number of sulfonamides is 2. The van der Waals surface area contributed by atoms with Crippen LogP contribution >= 0.6 is 0 Å². The molecule has 0 saturated heterocycles. The van der Waals surface area contributed by atoms with E-state index in [4.69, 9.17) is 11.5 Å². The molecule has 0 unspecified atom stereocenters. The monoisotopic (exact) mass is 664 g/mol. The molecule has 0 heterocycles. The van der Waals surface area contributed by atoms with E-state index in [1.54, 1.807) is 18.2 Å². The lowest BCUT2D eigenvalue weighted by Gasteiger charge is -2.23. The highest BCUT2D eigenvalue weighted by molar-refractivity contribution is 7.90. The fourth-order valence-corrected chi connectivity index (χ4v) is 7.17. The number of nitrogens with two attached hydrogens (primary N) is 2. The van der Waals surface area contributed by atoms with Crippen LogP contribution in [0, 0.1) is 0 Å². The van der Waals surface area contributed by atoms with E-state index < -0.39 is 42.9 Å². The quantitative estimate of drug-likeness (QED) is 0.145. The van der Waals surface area contributed by atoms with Crippen LogP contribution in [-0.4, -0.2) is 81.2 Å². The molecule has 0 aromatic heterocycles. The highest BCUT2D eigenvalue weighted by Gasteiger charge is 2.28. The highest BCUT2D eigenvalue weighted by atomic mass is 32.3. The fraction of sp³-hybridized carbons (Fsp3) is 0.538. The Hall–Kier alpha value is -2.67. The molecule has 2 aromatic carbocycles. The van der Waals surface area contributed by atoms with E-state index in [1.165, 1.54) is 0 Å². The number of nitrogens with one attached hydrogen (secondary N) is 1. The second-order valence-corrected chi connectivity index (χ2v) is 14.5. The van der Waals surface area contributed by atoms with Crippen LogP contribution in [0.1, 0.15) is 38.8 Å². The summed E-state index contributed by atoms with van der Waals surface area (Å²) in [7, 11) is -13.6. The van der Waals surface area contributed by atoms with Crippen molar-refractivity contribution in [1.82, 2.24) is 9.19 Å². The molecule has 17 heteroatoms. The minimum atomic E-state index is -5.08. The molecular weight excluding hydrogens is 621 g/mol. The lowest BCUT2D eigenvalue weighted by Crippen LogP contribution is -2.36. The molecule has 43 heavy (non-hydrogen) atoms. The zero-order chi connectivity index (χ0) is 32.4. The molecular formula is C26H44N6O8S3. The van der Waals surface area contributed by atoms with Crippen LogP contribution in [0.3, 0.4) is 0 Å². The van der Waals surface area contributed by atoms with Gasteiger partial charge in [-0.1, -0.05) is 4.47 Å². The lowest BCUT2D eigenvalue weighted by molar-refractivity contribution is 0.0263. The van der Waals surface area contributed by atoms with Crippen molar-refractivity contribution in [3.63, 3.8) is 0 Å². The second kappa shape index (κ2) is 15.9. The number of hydroxylamine groups is 1. The smallest absolute Gasteiger partial charge is 0.399 e. The molecule has 244 valence electrons. The first-order valence-electron chi connectivity index (χ1n) is 13.9. The van der Waals surface area contributed by atoms with Gasteiger partial charge < -0.3 is 21.3 Å². The molecule has 2 rings (SSSR count). The molecule has 0 aliphatic rings. The Balaban J connectivity index is 2.02. The molecule has 0 fully saturated rings. The molecule has 14 nitrogen and oxygen atoms in total. The summed E-state index contributed by atoms with van der Waals surface area (Å²) < 4.78 is 86.0. The summed E-state index contributed by atoms with van der Waals surface area (Å²) in [6.45, 7) is 10.6. The number of anilines is 4. The third-order valence-electron chi connectivity index (χ3n) is 6.68. The number of hydrogen-bond donors (Lipinski definition) is 3. The summed E-state index contributed by atoms with van der Waals surface area (Å²) in [5, 5.41) is 0. The van der Waals surface area contributed by atoms with Crippen LogP contribution in [-0.2, 0) is 51.8 Å². The van der Waals surface area contributed by atoms with Crippen LogP contribution in [0.4, 0.5) is 22.7 Å². The maximum absolute atomic E-state index is 12.4. The van der Waals surface area contributed by atoms with Gasteiger partial charge in [0.2, 0.25) is 20.0 Å². The summed E-state index contributed by atoms with van der Waals surface area (Å²) in [5.41, 5.74) is 16.1. The molecule has 0 bridgehead atoms. The van der Waals surface area contributed by atoms with E-state index >= 15 is 0 Å². The SMILES string of the molecule is CCN(CC)c1ccc(N)c(CCNS(=O)(=O)COS(=O)(=O)ON(CCc2cc(N(CC)CC)ccc2N)S(C)(=O)=O)c1. The average molecular weight is 665 g/mol. The van der Waals surface area contributed by atoms with Crippen LogP contribution in [0.5, 0.6) is 0 Å². The Bertz CT molecular complexity index is 1530. The number of hydrogen-bond acceptors (Lipinski definition) is 12. The number of benzene rings is 2. The van der Waals surface area contributed by atoms with Gasteiger partial charge in [0, 0.05) is 62.0 Å². The van der Waals surface area contributed by atoms with Crippen LogP contribution in [0.2, 0.25) is 0 Å². The van der Waals surface area contributed by atoms with Gasteiger partial charge in [0.15, 0.2) is 5.94 Å². The van der Waals surface area contributed by atoms with Gasteiger partial charge >= 0.3 is 10.4 Å². The number of nitrogens with zero attached hydrogens (tertiary/aromatic N) is 3. The summed E-state index contributed by atoms with van der Waals surface area (Å²) in [5.74, 6) is -1.32. The van der Waals surface area contributed by atoms with Gasteiger partial charge in [-0.05, 0) is 88.1 Å². The fourth-order valence-electron chi connectivity index (χ4n) is 4.29. The van der Waals surface area contributed by atoms with Gasteiger partial charge in [-0.2, -0.15) is 8.42 Å². The molecule has 5 N–H and O–H groups in total. The summed E-state index contributed by atoms with van der Waals surface area (Å²) in [6.07, 6.45) is 1.00. The van der Waals surface area contributed by atoms with Crippen molar-refractivity contribution in [3.8, 4) is 0 Å². The van der Waals surface area contributed by atoms with Gasteiger partial charge in [0.1, 0.15) is 0 Å². The van der Waals surface area contributed by atoms with E-state index in [1.807, 2.05) is 45.9 Å². The van der Waals surface area contributed by atoms with Crippen molar-refractivity contribution >= 4 is 53.2 Å². The van der Waals surface area contributed by atoms with Gasteiger partial charge in [0.25, 0.3) is 0 Å². The molecule has 0 saturated carbocycles. The van der Waals surface area contributed by atoms with Crippen molar-refractivity contribution in [2.75, 3.05) is 72.7 Å². The summed E-state index contributed by atoms with van der Waals surface area (Å²) >= 11 is 0. The first kappa shape index (κ1) is 36.5. The Morgan fingerprint density at radius 2 is 1.21 bits per heavy atom. The topological polar surface area (TPSA) is 195 Å². The van der Waals surface area contributed by atoms with E-state index in [-0.39, 0.29) is 23.9 Å². The molecule has 0 atom stereocenters. The predicted octanol–water partition coefficient (Wildman–Crippen LogP) is 1.66. The zero-order valence-corrected chi connectivity index (χ0v) is 27.8. The standard InChI is InChI=1S/C26H44N6O8S3/c1-6-30(7-2)23-10-12-25(27)21(18-23)14-16-29-42(35,36)20-39-43(37,38)40-32(41(5,33)34)17-15-22-19-24(11-13-26(22)28)31(8-3)9-4/h10-13,18-19,29H,6-9,14-17,20,27-28H2,1-5H3. The second-order valence-electron chi connectivity index (χ2n) is 9.63. The molecule has 0 amide bonds. The van der Waals surface area contributed by atoms with Crippen molar-refractivity contribution < 1.29 is 33.7 Å². The normalized spacial score (nSPS) is 12.5. The zero-order valence-electron chi connectivity index (χ0n) is 25.3. The highest BCUT2D eigenvalue weighted by Crippen LogP contribution is 2.23. The Labute approximate surface area is 256 Å². The maximum Gasteiger partial charge on any atom is 0.418 e. The van der Waals surface area contributed by atoms with Crippen LogP contribution in [0.15, 0.2) is 36.4 Å². The molecule has 2 aromatic rings. The Kier molecular flexibility index (Phi) is 13.5. The van der Waals surface area contributed by atoms with E-state index in [0.29, 0.717) is 16.9 Å². The first-order chi connectivity index (χ1) is 20.1. The largest absolute Gasteiger partial charge is 0.418 e. The van der Waals surface area contributed by atoms with E-state index in [9.17, 15) is 25.3 Å². The van der Waals surface area contributed by atoms with Gasteiger partial charge in [-0.15, -0.1) is 4.28 Å². The van der Waals surface area contributed by atoms with Crippen molar-refractivity contribution in [2.45, 2.75) is 40.5 Å². The number of rotatable bonds is 19. The third kappa shape index (κ3) is 11.4. The van der Waals surface area contributed by atoms with E-state index in [2.05, 4.69) is 23.0 Å². The van der Waals surface area contributed by atoms with Crippen LogP contribution in [0.25, 0.3) is 0 Å². The van der Waals surface area contributed by atoms with E-state index in [0.717, 1.165) is 49.4 Å². The van der Waals surface area contributed by atoms with Crippen molar-refractivity contribution in [1.29, 1.82) is 0 Å². The summed E-state index contributed by atoms with van der Waals surface area (Å²) in [4.78, 5) is 4.18. The molecule has 0 radical (unpaired) electrons. The molecule has 0 aliphatic carbocycles. The summed E-state index contributed by atoms with van der Waals surface area (Å²) in [6, 6.07) is 10.8.